The fourth-order valence-electron chi connectivity index (χ4n) is 2.89. The van der Waals surface area contributed by atoms with Gasteiger partial charge in [0, 0.05) is 16.6 Å². The molecule has 0 bridgehead atoms. The number of carbonyl (C=O) groups excluding carboxylic acids is 3. The van der Waals surface area contributed by atoms with E-state index >= 15 is 0 Å². The van der Waals surface area contributed by atoms with Gasteiger partial charge in [0.05, 0.1) is 16.4 Å². The Kier molecular flexibility index (Phi) is 5.77. The van der Waals surface area contributed by atoms with Gasteiger partial charge in [0.15, 0.2) is 5.13 Å². The number of para-hydroxylation sites is 1. The zero-order valence-electron chi connectivity index (χ0n) is 16.0. The molecule has 2 heterocycles. The number of hydrogen-bond donors (Lipinski definition) is 2. The van der Waals surface area contributed by atoms with Crippen molar-refractivity contribution in [3.05, 3.63) is 80.9 Å². The largest absolute Gasteiger partial charge is 0.350 e. The minimum atomic E-state index is -0.669. The van der Waals surface area contributed by atoms with Gasteiger partial charge in [0.25, 0.3) is 17.7 Å². The molecule has 0 atom stereocenters. The van der Waals surface area contributed by atoms with Crippen molar-refractivity contribution in [1.82, 2.24) is 4.98 Å². The standard InChI is InChI=1S/C21H14Cl2N4O3S/c1-11-10-31-21(24-11)26-18(28)12-6-8-13(9-7-12)25-17-16(23)19(29)27(20(17)30)15-5-3-2-4-14(15)22/h2-10,25H,1H3,(H,24,26,28). The predicted molar refractivity (Wildman–Crippen MR) is 122 cm³/mol. The molecule has 1 aliphatic heterocycles. The van der Waals surface area contributed by atoms with Crippen molar-refractivity contribution in [1.29, 1.82) is 0 Å². The maximum Gasteiger partial charge on any atom is 0.283 e. The quantitative estimate of drug-likeness (QED) is 0.520. The molecular formula is C21H14Cl2N4O3S. The number of hydrogen-bond acceptors (Lipinski definition) is 6. The fraction of sp³-hybridized carbons (Fsp3) is 0.0476. The second-order valence-electron chi connectivity index (χ2n) is 6.54. The molecule has 156 valence electrons. The van der Waals surface area contributed by atoms with Crippen molar-refractivity contribution >= 4 is 68.8 Å². The van der Waals surface area contributed by atoms with Crippen LogP contribution in [0.2, 0.25) is 5.02 Å². The van der Waals surface area contributed by atoms with Crippen molar-refractivity contribution in [3.63, 3.8) is 0 Å². The highest BCUT2D eigenvalue weighted by atomic mass is 35.5. The summed E-state index contributed by atoms with van der Waals surface area (Å²) in [5.41, 5.74) is 1.90. The molecule has 3 amide bonds. The van der Waals surface area contributed by atoms with Crippen molar-refractivity contribution in [2.24, 2.45) is 0 Å². The first-order valence-corrected chi connectivity index (χ1v) is 10.6. The number of nitrogens with one attached hydrogen (secondary N) is 2. The number of anilines is 3. The maximum absolute atomic E-state index is 12.8. The van der Waals surface area contributed by atoms with E-state index in [1.54, 1.807) is 48.5 Å². The first-order chi connectivity index (χ1) is 14.8. The molecule has 10 heteroatoms. The van der Waals surface area contributed by atoms with Crippen LogP contribution >= 0.6 is 34.5 Å². The molecule has 0 radical (unpaired) electrons. The van der Waals surface area contributed by atoms with Crippen LogP contribution in [-0.4, -0.2) is 22.7 Å². The van der Waals surface area contributed by atoms with Gasteiger partial charge >= 0.3 is 0 Å². The number of thiazole rings is 1. The van der Waals surface area contributed by atoms with Gasteiger partial charge in [-0.3, -0.25) is 19.7 Å². The van der Waals surface area contributed by atoms with Gasteiger partial charge in [-0.25, -0.2) is 9.88 Å². The Morgan fingerprint density at radius 2 is 1.74 bits per heavy atom. The maximum atomic E-state index is 12.8. The molecule has 0 aliphatic carbocycles. The van der Waals surface area contributed by atoms with Crippen LogP contribution in [0.1, 0.15) is 16.1 Å². The topological polar surface area (TPSA) is 91.4 Å². The number of aryl methyl sites for hydroxylation is 1. The van der Waals surface area contributed by atoms with Crippen LogP contribution in [-0.2, 0) is 9.59 Å². The van der Waals surface area contributed by atoms with E-state index in [1.165, 1.54) is 11.3 Å². The molecule has 31 heavy (non-hydrogen) atoms. The summed E-state index contributed by atoms with van der Waals surface area (Å²) in [4.78, 5) is 42.8. The Bertz CT molecular complexity index is 1240. The number of nitrogens with zero attached hydrogens (tertiary/aromatic N) is 2. The number of benzene rings is 2. The lowest BCUT2D eigenvalue weighted by atomic mass is 10.2. The molecule has 2 N–H and O–H groups in total. The van der Waals surface area contributed by atoms with Crippen LogP contribution in [0, 0.1) is 6.92 Å². The zero-order chi connectivity index (χ0) is 22.1. The van der Waals surface area contributed by atoms with Gasteiger partial charge in [-0.05, 0) is 43.3 Å². The lowest BCUT2D eigenvalue weighted by molar-refractivity contribution is -0.120. The van der Waals surface area contributed by atoms with Gasteiger partial charge in [-0.1, -0.05) is 35.3 Å². The second-order valence-corrected chi connectivity index (χ2v) is 8.18. The molecule has 0 saturated heterocycles. The molecule has 7 nitrogen and oxygen atoms in total. The van der Waals surface area contributed by atoms with Crippen LogP contribution in [0.25, 0.3) is 0 Å². The Balaban J connectivity index is 1.50. The molecule has 0 spiro atoms. The molecule has 1 aromatic heterocycles. The molecule has 2 aromatic carbocycles. The summed E-state index contributed by atoms with van der Waals surface area (Å²) in [6, 6.07) is 12.9. The van der Waals surface area contributed by atoms with Crippen LogP contribution in [0.3, 0.4) is 0 Å². The highest BCUT2D eigenvalue weighted by Gasteiger charge is 2.39. The van der Waals surface area contributed by atoms with Crippen molar-refractivity contribution in [2.45, 2.75) is 6.92 Å². The average Bonchev–Trinajstić information content (AvgIpc) is 3.25. The highest BCUT2D eigenvalue weighted by Crippen LogP contribution is 2.34. The van der Waals surface area contributed by atoms with E-state index in [0.717, 1.165) is 10.6 Å². The highest BCUT2D eigenvalue weighted by molar-refractivity contribution is 7.13. The molecule has 0 saturated carbocycles. The molecule has 3 aromatic rings. The number of carbonyl (C=O) groups is 3. The molecule has 1 aliphatic rings. The summed E-state index contributed by atoms with van der Waals surface area (Å²) in [6.07, 6.45) is 0. The number of aromatic nitrogens is 1. The summed E-state index contributed by atoms with van der Waals surface area (Å²) in [5.74, 6) is -1.60. The van der Waals surface area contributed by atoms with Crippen LogP contribution in [0.4, 0.5) is 16.5 Å². The zero-order valence-corrected chi connectivity index (χ0v) is 18.3. The second kappa shape index (κ2) is 8.50. The van der Waals surface area contributed by atoms with Crippen LogP contribution < -0.4 is 15.5 Å². The summed E-state index contributed by atoms with van der Waals surface area (Å²) in [7, 11) is 0. The number of rotatable bonds is 5. The number of amides is 3. The van der Waals surface area contributed by atoms with Gasteiger partial charge in [-0.15, -0.1) is 11.3 Å². The van der Waals surface area contributed by atoms with Crippen molar-refractivity contribution < 1.29 is 14.4 Å². The molecule has 0 fully saturated rings. The summed E-state index contributed by atoms with van der Waals surface area (Å²) >= 11 is 13.6. The van der Waals surface area contributed by atoms with E-state index in [-0.39, 0.29) is 27.3 Å². The van der Waals surface area contributed by atoms with Crippen LogP contribution in [0.15, 0.2) is 64.6 Å². The van der Waals surface area contributed by atoms with Gasteiger partial charge in [0.2, 0.25) is 0 Å². The van der Waals surface area contributed by atoms with E-state index < -0.39 is 11.8 Å². The Hall–Kier alpha value is -3.20. The first-order valence-electron chi connectivity index (χ1n) is 8.99. The third kappa shape index (κ3) is 4.18. The monoisotopic (exact) mass is 472 g/mol. The lowest BCUT2D eigenvalue weighted by Crippen LogP contribution is -2.32. The Labute approximate surface area is 191 Å². The fourth-order valence-corrected chi connectivity index (χ4v) is 4.01. The Morgan fingerprint density at radius 1 is 1.03 bits per heavy atom. The smallest absolute Gasteiger partial charge is 0.283 e. The van der Waals surface area contributed by atoms with Crippen LogP contribution in [0.5, 0.6) is 0 Å². The van der Waals surface area contributed by atoms with E-state index in [2.05, 4.69) is 15.6 Å². The third-order valence-corrected chi connectivity index (χ3v) is 5.92. The minimum Gasteiger partial charge on any atom is -0.350 e. The van der Waals surface area contributed by atoms with Crippen molar-refractivity contribution in [3.8, 4) is 0 Å². The SMILES string of the molecule is Cc1csc(NC(=O)c2ccc(NC3=C(Cl)C(=O)N(c4ccccc4Cl)C3=O)cc2)n1. The normalized spacial score (nSPS) is 13.7. The lowest BCUT2D eigenvalue weighted by Gasteiger charge is -2.16. The summed E-state index contributed by atoms with van der Waals surface area (Å²) in [5, 5.41) is 7.94. The van der Waals surface area contributed by atoms with Crippen molar-refractivity contribution in [2.75, 3.05) is 15.5 Å². The molecular weight excluding hydrogens is 459 g/mol. The Morgan fingerprint density at radius 3 is 2.39 bits per heavy atom. The first kappa shape index (κ1) is 21.0. The van der Waals surface area contributed by atoms with E-state index in [1.807, 2.05) is 12.3 Å². The van der Waals surface area contributed by atoms with E-state index in [9.17, 15) is 14.4 Å². The van der Waals surface area contributed by atoms with Gasteiger partial charge in [-0.2, -0.15) is 0 Å². The van der Waals surface area contributed by atoms with E-state index in [0.29, 0.717) is 16.4 Å². The minimum absolute atomic E-state index is 0.0675. The summed E-state index contributed by atoms with van der Waals surface area (Å²) in [6.45, 7) is 1.84. The van der Waals surface area contributed by atoms with Gasteiger partial charge < -0.3 is 5.32 Å². The number of halogens is 2. The average molecular weight is 473 g/mol. The van der Waals surface area contributed by atoms with Gasteiger partial charge in [0.1, 0.15) is 10.7 Å². The third-order valence-electron chi connectivity index (χ3n) is 4.38. The number of imide groups is 1. The molecule has 4 rings (SSSR count). The van der Waals surface area contributed by atoms with E-state index in [4.69, 9.17) is 23.2 Å². The molecule has 0 unspecified atom stereocenters. The summed E-state index contributed by atoms with van der Waals surface area (Å²) < 4.78 is 0. The predicted octanol–water partition coefficient (Wildman–Crippen LogP) is 4.79.